The van der Waals surface area contributed by atoms with Gasteiger partial charge in [-0.15, -0.1) is 0 Å². The van der Waals surface area contributed by atoms with Crippen molar-refractivity contribution in [2.45, 2.75) is 39.3 Å². The van der Waals surface area contributed by atoms with E-state index in [9.17, 15) is 4.79 Å². The molecule has 1 N–H and O–H groups in total. The van der Waals surface area contributed by atoms with Crippen LogP contribution in [-0.2, 0) is 18.3 Å². The number of hydrogen-bond donors (Lipinski definition) is 1. The molecule has 0 aromatic carbocycles. The van der Waals surface area contributed by atoms with Crippen LogP contribution in [0.2, 0.25) is 0 Å². The van der Waals surface area contributed by atoms with E-state index < -0.39 is 0 Å². The number of ether oxygens (including phenoxy) is 1. The second-order valence-corrected chi connectivity index (χ2v) is 6.64. The van der Waals surface area contributed by atoms with E-state index in [1.165, 1.54) is 0 Å². The molecule has 118 valence electrons. The predicted octanol–water partition coefficient (Wildman–Crippen LogP) is 1.77. The van der Waals surface area contributed by atoms with Crippen molar-refractivity contribution in [3.8, 4) is 0 Å². The largest absolute Gasteiger partial charge is 0.384 e. The Kier molecular flexibility index (Phi) is 4.88. The van der Waals surface area contributed by atoms with Crippen molar-refractivity contribution in [1.82, 2.24) is 20.0 Å². The van der Waals surface area contributed by atoms with Gasteiger partial charge in [0.25, 0.3) is 0 Å². The van der Waals surface area contributed by atoms with Crippen LogP contribution in [0.25, 0.3) is 0 Å². The minimum Gasteiger partial charge on any atom is -0.384 e. The van der Waals surface area contributed by atoms with Gasteiger partial charge in [0.05, 0.1) is 19.3 Å². The maximum atomic E-state index is 12.4. The number of amides is 2. The van der Waals surface area contributed by atoms with E-state index in [1.54, 1.807) is 11.8 Å². The summed E-state index contributed by atoms with van der Waals surface area (Å²) in [4.78, 5) is 14.4. The molecule has 0 radical (unpaired) electrons. The van der Waals surface area contributed by atoms with Crippen LogP contribution in [0.3, 0.4) is 0 Å². The quantitative estimate of drug-likeness (QED) is 0.833. The van der Waals surface area contributed by atoms with Gasteiger partial charge in [-0.05, 0) is 12.8 Å². The zero-order valence-electron chi connectivity index (χ0n) is 13.4. The third kappa shape index (κ3) is 4.74. The van der Waals surface area contributed by atoms with E-state index in [0.29, 0.717) is 25.7 Å². The zero-order valence-corrected chi connectivity index (χ0v) is 13.4. The van der Waals surface area contributed by atoms with Gasteiger partial charge < -0.3 is 15.0 Å². The minimum absolute atomic E-state index is 0.00512. The van der Waals surface area contributed by atoms with Crippen LogP contribution in [0.5, 0.6) is 0 Å². The number of nitrogens with one attached hydrogen (secondary N) is 1. The summed E-state index contributed by atoms with van der Waals surface area (Å²) in [5, 5.41) is 7.20. The van der Waals surface area contributed by atoms with Crippen molar-refractivity contribution in [3.05, 3.63) is 18.0 Å². The topological polar surface area (TPSA) is 59.4 Å². The molecule has 1 fully saturated rings. The first kappa shape index (κ1) is 15.8. The van der Waals surface area contributed by atoms with E-state index in [2.05, 4.69) is 24.3 Å². The second kappa shape index (κ2) is 6.47. The number of carbonyl (C=O) groups excluding carboxylic acids is 1. The molecule has 1 aliphatic carbocycles. The summed E-state index contributed by atoms with van der Waals surface area (Å²) in [6.45, 7) is 6.02. The Morgan fingerprint density at radius 1 is 1.57 bits per heavy atom. The number of carbonyl (C=O) groups is 1. The van der Waals surface area contributed by atoms with Crippen LogP contribution in [0.4, 0.5) is 4.79 Å². The molecule has 1 heterocycles. The summed E-state index contributed by atoms with van der Waals surface area (Å²) in [5.74, 6) is 0. The van der Waals surface area contributed by atoms with E-state index in [4.69, 9.17) is 4.74 Å². The molecule has 2 rings (SSSR count). The fourth-order valence-corrected chi connectivity index (χ4v) is 2.36. The highest BCUT2D eigenvalue weighted by atomic mass is 16.5. The molecule has 0 aliphatic heterocycles. The summed E-state index contributed by atoms with van der Waals surface area (Å²) in [7, 11) is 3.57. The van der Waals surface area contributed by atoms with Gasteiger partial charge in [0, 0.05) is 43.9 Å². The summed E-state index contributed by atoms with van der Waals surface area (Å²) in [6.07, 6.45) is 5.96. The highest BCUT2D eigenvalue weighted by molar-refractivity contribution is 5.75. The van der Waals surface area contributed by atoms with Crippen LogP contribution in [0.1, 0.15) is 32.3 Å². The Bertz CT molecular complexity index is 480. The van der Waals surface area contributed by atoms with Gasteiger partial charge in [0.1, 0.15) is 0 Å². The number of nitrogens with zero attached hydrogens (tertiary/aromatic N) is 3. The van der Waals surface area contributed by atoms with Crippen LogP contribution < -0.4 is 5.32 Å². The molecule has 6 nitrogen and oxygen atoms in total. The average Bonchev–Trinajstić information content (AvgIpc) is 3.17. The van der Waals surface area contributed by atoms with E-state index >= 15 is 0 Å². The van der Waals surface area contributed by atoms with Gasteiger partial charge in [0.15, 0.2) is 0 Å². The fraction of sp³-hybridized carbons (Fsp3) is 0.733. The number of hydrogen-bond acceptors (Lipinski definition) is 3. The number of methoxy groups -OCH3 is 1. The van der Waals surface area contributed by atoms with Crippen molar-refractivity contribution in [1.29, 1.82) is 0 Å². The molecule has 1 saturated carbocycles. The number of urea groups is 1. The normalized spacial score (nSPS) is 15.0. The molecule has 21 heavy (non-hydrogen) atoms. The maximum Gasteiger partial charge on any atom is 0.317 e. The number of aromatic nitrogens is 2. The van der Waals surface area contributed by atoms with Crippen LogP contribution in [-0.4, -0.2) is 47.0 Å². The van der Waals surface area contributed by atoms with Gasteiger partial charge in [-0.2, -0.15) is 5.10 Å². The van der Waals surface area contributed by atoms with Crippen LogP contribution >= 0.6 is 0 Å². The SMILES string of the molecule is COCC(C)(C)CNC(=O)N(Cc1cnn(C)c1)C1CC1. The lowest BCUT2D eigenvalue weighted by atomic mass is 9.95. The van der Waals surface area contributed by atoms with Crippen molar-refractivity contribution in [2.24, 2.45) is 12.5 Å². The predicted molar refractivity (Wildman–Crippen MR) is 80.8 cm³/mol. The van der Waals surface area contributed by atoms with Crippen molar-refractivity contribution in [2.75, 3.05) is 20.3 Å². The van der Waals surface area contributed by atoms with Crippen molar-refractivity contribution >= 4 is 6.03 Å². The molecule has 6 heteroatoms. The Morgan fingerprint density at radius 2 is 2.29 bits per heavy atom. The third-order valence-electron chi connectivity index (χ3n) is 3.61. The van der Waals surface area contributed by atoms with Gasteiger partial charge in [-0.25, -0.2) is 4.79 Å². The molecule has 1 aromatic rings. The van der Waals surface area contributed by atoms with Crippen LogP contribution in [0.15, 0.2) is 12.4 Å². The molecule has 0 spiro atoms. The molecule has 1 aliphatic rings. The first-order valence-electron chi connectivity index (χ1n) is 7.42. The zero-order chi connectivity index (χ0) is 15.5. The monoisotopic (exact) mass is 294 g/mol. The van der Waals surface area contributed by atoms with E-state index in [1.807, 2.05) is 24.3 Å². The molecular formula is C15H26N4O2. The Morgan fingerprint density at radius 3 is 2.81 bits per heavy atom. The summed E-state index contributed by atoms with van der Waals surface area (Å²) in [5.41, 5.74) is 1.00. The summed E-state index contributed by atoms with van der Waals surface area (Å²) >= 11 is 0. The third-order valence-corrected chi connectivity index (χ3v) is 3.61. The van der Waals surface area contributed by atoms with Crippen LogP contribution in [0, 0.1) is 5.41 Å². The standard InChI is InChI=1S/C15H26N4O2/c1-15(2,11-21-4)10-16-14(20)19(13-5-6-13)9-12-7-17-18(3)8-12/h7-8,13H,5-6,9-11H2,1-4H3,(H,16,20). The Balaban J connectivity index is 1.90. The van der Waals surface area contributed by atoms with E-state index in [0.717, 1.165) is 18.4 Å². The van der Waals surface area contributed by atoms with Gasteiger partial charge in [0.2, 0.25) is 0 Å². The molecular weight excluding hydrogens is 268 g/mol. The minimum atomic E-state index is -0.0616. The lowest BCUT2D eigenvalue weighted by Gasteiger charge is -2.27. The first-order chi connectivity index (χ1) is 9.91. The molecule has 2 amide bonds. The van der Waals surface area contributed by atoms with Gasteiger partial charge in [-0.1, -0.05) is 13.8 Å². The summed E-state index contributed by atoms with van der Waals surface area (Å²) < 4.78 is 6.95. The number of rotatable bonds is 7. The molecule has 0 atom stereocenters. The Hall–Kier alpha value is -1.56. The lowest BCUT2D eigenvalue weighted by Crippen LogP contribution is -2.45. The Labute approximate surface area is 126 Å². The smallest absolute Gasteiger partial charge is 0.317 e. The van der Waals surface area contributed by atoms with E-state index in [-0.39, 0.29) is 11.4 Å². The van der Waals surface area contributed by atoms with Crippen molar-refractivity contribution in [3.63, 3.8) is 0 Å². The molecule has 0 bridgehead atoms. The highest BCUT2D eigenvalue weighted by Crippen LogP contribution is 2.28. The fourth-order valence-electron chi connectivity index (χ4n) is 2.36. The molecule has 0 unspecified atom stereocenters. The average molecular weight is 294 g/mol. The van der Waals surface area contributed by atoms with Gasteiger partial charge >= 0.3 is 6.03 Å². The number of aryl methyl sites for hydroxylation is 1. The van der Waals surface area contributed by atoms with Crippen molar-refractivity contribution < 1.29 is 9.53 Å². The maximum absolute atomic E-state index is 12.4. The second-order valence-electron chi connectivity index (χ2n) is 6.64. The highest BCUT2D eigenvalue weighted by Gasteiger charge is 2.33. The lowest BCUT2D eigenvalue weighted by molar-refractivity contribution is 0.102. The molecule has 0 saturated heterocycles. The van der Waals surface area contributed by atoms with Gasteiger partial charge in [-0.3, -0.25) is 4.68 Å². The molecule has 1 aromatic heterocycles. The summed E-state index contributed by atoms with van der Waals surface area (Å²) in [6, 6.07) is 0.376. The first-order valence-corrected chi connectivity index (χ1v) is 7.42.